The average Bonchev–Trinajstić information content (AvgIpc) is 2.71. The van der Waals surface area contributed by atoms with E-state index in [9.17, 15) is 9.59 Å². The van der Waals surface area contributed by atoms with E-state index >= 15 is 0 Å². The van der Waals surface area contributed by atoms with Crippen LogP contribution in [-0.4, -0.2) is 16.8 Å². The van der Waals surface area contributed by atoms with Crippen LogP contribution in [0.15, 0.2) is 72.9 Å². The van der Waals surface area contributed by atoms with Crippen molar-refractivity contribution >= 4 is 11.8 Å². The third kappa shape index (κ3) is 5.25. The van der Waals surface area contributed by atoms with Gasteiger partial charge < -0.3 is 10.6 Å². The Kier molecular flexibility index (Phi) is 5.94. The summed E-state index contributed by atoms with van der Waals surface area (Å²) >= 11 is 0. The molecule has 5 nitrogen and oxygen atoms in total. The standard InChI is InChI=1S/C22H21N3O2/c1-16-6-5-9-18(12-16)15-24-21(26)19-10-11-23-20(13-19)22(27)25-14-17-7-3-2-4-8-17/h2-13H,14-15H2,1H3,(H,24,26)(H,25,27). The van der Waals surface area contributed by atoms with Gasteiger partial charge in [0.05, 0.1) is 0 Å². The molecular weight excluding hydrogens is 338 g/mol. The zero-order valence-electron chi connectivity index (χ0n) is 15.1. The molecule has 27 heavy (non-hydrogen) atoms. The summed E-state index contributed by atoms with van der Waals surface area (Å²) in [7, 11) is 0. The summed E-state index contributed by atoms with van der Waals surface area (Å²) in [4.78, 5) is 28.8. The van der Waals surface area contributed by atoms with Gasteiger partial charge in [-0.2, -0.15) is 0 Å². The Bertz CT molecular complexity index is 939. The average molecular weight is 359 g/mol. The highest BCUT2D eigenvalue weighted by molar-refractivity contribution is 5.98. The molecule has 0 fully saturated rings. The van der Waals surface area contributed by atoms with Crippen LogP contribution in [0.1, 0.15) is 37.5 Å². The highest BCUT2D eigenvalue weighted by Gasteiger charge is 2.11. The molecule has 0 radical (unpaired) electrons. The molecule has 2 N–H and O–H groups in total. The first-order chi connectivity index (χ1) is 13.1. The molecule has 3 aromatic rings. The van der Waals surface area contributed by atoms with E-state index in [0.717, 1.165) is 16.7 Å². The Morgan fingerprint density at radius 2 is 1.52 bits per heavy atom. The first-order valence-electron chi connectivity index (χ1n) is 8.74. The first-order valence-corrected chi connectivity index (χ1v) is 8.74. The lowest BCUT2D eigenvalue weighted by Crippen LogP contribution is -2.26. The Hall–Kier alpha value is -3.47. The maximum Gasteiger partial charge on any atom is 0.270 e. The van der Waals surface area contributed by atoms with Crippen LogP contribution in [0.25, 0.3) is 0 Å². The first kappa shape index (κ1) is 18.3. The van der Waals surface area contributed by atoms with Crippen LogP contribution in [0.3, 0.4) is 0 Å². The van der Waals surface area contributed by atoms with Gasteiger partial charge in [0.25, 0.3) is 11.8 Å². The summed E-state index contributed by atoms with van der Waals surface area (Å²) in [6.45, 7) is 2.85. The van der Waals surface area contributed by atoms with Crippen molar-refractivity contribution in [2.45, 2.75) is 20.0 Å². The quantitative estimate of drug-likeness (QED) is 0.710. The minimum atomic E-state index is -0.313. The smallest absolute Gasteiger partial charge is 0.270 e. The fourth-order valence-corrected chi connectivity index (χ4v) is 2.67. The minimum Gasteiger partial charge on any atom is -0.348 e. The van der Waals surface area contributed by atoms with E-state index < -0.39 is 0 Å². The van der Waals surface area contributed by atoms with Crippen molar-refractivity contribution in [1.29, 1.82) is 0 Å². The molecular formula is C22H21N3O2. The number of carbonyl (C=O) groups excluding carboxylic acids is 2. The lowest BCUT2D eigenvalue weighted by molar-refractivity contribution is 0.0946. The van der Waals surface area contributed by atoms with Crippen LogP contribution >= 0.6 is 0 Å². The molecule has 0 bridgehead atoms. The molecule has 0 saturated heterocycles. The van der Waals surface area contributed by atoms with Gasteiger partial charge in [-0.3, -0.25) is 14.6 Å². The third-order valence-electron chi connectivity index (χ3n) is 4.09. The number of rotatable bonds is 6. The van der Waals surface area contributed by atoms with Crippen molar-refractivity contribution < 1.29 is 9.59 Å². The van der Waals surface area contributed by atoms with Crippen molar-refractivity contribution in [2.75, 3.05) is 0 Å². The van der Waals surface area contributed by atoms with E-state index in [-0.39, 0.29) is 17.5 Å². The number of pyridine rings is 1. The molecule has 0 spiro atoms. The number of amides is 2. The topological polar surface area (TPSA) is 71.1 Å². The van der Waals surface area contributed by atoms with Crippen molar-refractivity contribution in [3.63, 3.8) is 0 Å². The van der Waals surface area contributed by atoms with E-state index in [1.165, 1.54) is 12.3 Å². The second kappa shape index (κ2) is 8.76. The van der Waals surface area contributed by atoms with Gasteiger partial charge in [-0.15, -0.1) is 0 Å². The van der Waals surface area contributed by atoms with Crippen molar-refractivity contribution in [2.24, 2.45) is 0 Å². The van der Waals surface area contributed by atoms with Crippen LogP contribution in [0.4, 0.5) is 0 Å². The van der Waals surface area contributed by atoms with Crippen molar-refractivity contribution in [3.05, 3.63) is 101 Å². The second-order valence-electron chi connectivity index (χ2n) is 6.27. The molecule has 0 atom stereocenters. The van der Waals surface area contributed by atoms with Crippen LogP contribution in [0, 0.1) is 6.92 Å². The molecule has 3 rings (SSSR count). The maximum absolute atomic E-state index is 12.4. The van der Waals surface area contributed by atoms with Crippen molar-refractivity contribution in [1.82, 2.24) is 15.6 Å². The summed E-state index contributed by atoms with van der Waals surface area (Å²) in [5.74, 6) is -0.553. The Balaban J connectivity index is 1.60. The number of nitrogens with zero attached hydrogens (tertiary/aromatic N) is 1. The zero-order chi connectivity index (χ0) is 19.1. The van der Waals surface area contributed by atoms with E-state index in [2.05, 4.69) is 15.6 Å². The molecule has 0 aliphatic heterocycles. The van der Waals surface area contributed by atoms with E-state index in [1.807, 2.05) is 61.5 Å². The Morgan fingerprint density at radius 3 is 2.30 bits per heavy atom. The van der Waals surface area contributed by atoms with Crippen LogP contribution in [0.2, 0.25) is 0 Å². The summed E-state index contributed by atoms with van der Waals surface area (Å²) in [6, 6.07) is 20.7. The Morgan fingerprint density at radius 1 is 0.815 bits per heavy atom. The number of hydrogen-bond acceptors (Lipinski definition) is 3. The van der Waals surface area contributed by atoms with Gasteiger partial charge in [0, 0.05) is 24.8 Å². The maximum atomic E-state index is 12.4. The van der Waals surface area contributed by atoms with Crippen molar-refractivity contribution in [3.8, 4) is 0 Å². The number of aromatic nitrogens is 1. The molecule has 5 heteroatoms. The fourth-order valence-electron chi connectivity index (χ4n) is 2.67. The molecule has 0 saturated carbocycles. The molecule has 0 unspecified atom stereocenters. The molecule has 1 heterocycles. The van der Waals surface area contributed by atoms with Gasteiger partial charge in [-0.25, -0.2) is 0 Å². The summed E-state index contributed by atoms with van der Waals surface area (Å²) in [6.07, 6.45) is 1.47. The van der Waals surface area contributed by atoms with Gasteiger partial charge >= 0.3 is 0 Å². The fraction of sp³-hybridized carbons (Fsp3) is 0.136. The highest BCUT2D eigenvalue weighted by atomic mass is 16.2. The SMILES string of the molecule is Cc1cccc(CNC(=O)c2ccnc(C(=O)NCc3ccccc3)c2)c1. The normalized spacial score (nSPS) is 10.3. The predicted octanol–water partition coefficient (Wildman–Crippen LogP) is 3.25. The number of nitrogens with one attached hydrogen (secondary N) is 2. The van der Waals surface area contributed by atoms with E-state index in [0.29, 0.717) is 18.7 Å². The number of hydrogen-bond donors (Lipinski definition) is 2. The third-order valence-corrected chi connectivity index (χ3v) is 4.09. The highest BCUT2D eigenvalue weighted by Crippen LogP contribution is 2.06. The predicted molar refractivity (Wildman–Crippen MR) is 104 cm³/mol. The number of carbonyl (C=O) groups is 2. The van der Waals surface area contributed by atoms with Gasteiger partial charge in [0.2, 0.25) is 0 Å². The van der Waals surface area contributed by atoms with Gasteiger partial charge in [0.15, 0.2) is 0 Å². The molecule has 2 aromatic carbocycles. The van der Waals surface area contributed by atoms with Gasteiger partial charge in [-0.05, 0) is 30.2 Å². The van der Waals surface area contributed by atoms with Crippen LogP contribution in [0.5, 0.6) is 0 Å². The monoisotopic (exact) mass is 359 g/mol. The Labute approximate surface area is 158 Å². The minimum absolute atomic E-state index is 0.217. The largest absolute Gasteiger partial charge is 0.348 e. The van der Waals surface area contributed by atoms with Crippen LogP contribution < -0.4 is 10.6 Å². The molecule has 1 aromatic heterocycles. The lowest BCUT2D eigenvalue weighted by atomic mass is 10.1. The van der Waals surface area contributed by atoms with E-state index in [1.54, 1.807) is 6.07 Å². The van der Waals surface area contributed by atoms with Crippen LogP contribution in [-0.2, 0) is 13.1 Å². The van der Waals surface area contributed by atoms with E-state index in [4.69, 9.17) is 0 Å². The lowest BCUT2D eigenvalue weighted by Gasteiger charge is -2.08. The summed E-state index contributed by atoms with van der Waals surface area (Å²) in [5, 5.41) is 5.68. The molecule has 0 aliphatic rings. The second-order valence-corrected chi connectivity index (χ2v) is 6.27. The summed E-state index contributed by atoms with van der Waals surface area (Å²) in [5.41, 5.74) is 3.79. The van der Waals surface area contributed by atoms with Gasteiger partial charge in [0.1, 0.15) is 5.69 Å². The molecule has 2 amide bonds. The molecule has 0 aliphatic carbocycles. The molecule has 136 valence electrons. The number of benzene rings is 2. The summed E-state index contributed by atoms with van der Waals surface area (Å²) < 4.78 is 0. The van der Waals surface area contributed by atoms with Gasteiger partial charge in [-0.1, -0.05) is 60.2 Å². The number of aryl methyl sites for hydroxylation is 1. The zero-order valence-corrected chi connectivity index (χ0v) is 15.1.